The Kier molecular flexibility index (Phi) is 6.59. The van der Waals surface area contributed by atoms with Gasteiger partial charge in [-0.2, -0.15) is 0 Å². The average Bonchev–Trinajstić information content (AvgIpc) is 3.21. The first-order chi connectivity index (χ1) is 16.4. The minimum Gasteiger partial charge on any atom is -0.494 e. The summed E-state index contributed by atoms with van der Waals surface area (Å²) in [4.78, 5) is 0. The van der Waals surface area contributed by atoms with Gasteiger partial charge in [0.1, 0.15) is 5.75 Å². The molecule has 0 saturated carbocycles. The first-order valence-corrected chi connectivity index (χ1v) is 12.1. The number of nitrogens with zero attached hydrogens (tertiary/aromatic N) is 1. The molecule has 0 saturated heterocycles. The van der Waals surface area contributed by atoms with Gasteiger partial charge in [-0.05, 0) is 48.6 Å². The Balaban J connectivity index is 1.38. The molecule has 0 amide bonds. The molecule has 1 N–H and O–H groups in total. The van der Waals surface area contributed by atoms with Gasteiger partial charge in [-0.3, -0.25) is 0 Å². The van der Waals surface area contributed by atoms with E-state index >= 15 is 0 Å². The van der Waals surface area contributed by atoms with E-state index in [-0.39, 0.29) is 0 Å². The molecule has 3 heteroatoms. The summed E-state index contributed by atoms with van der Waals surface area (Å²) in [5, 5.41) is 13.9. The molecule has 0 aliphatic carbocycles. The lowest BCUT2D eigenvalue weighted by molar-refractivity contribution is 0.280. The fourth-order valence-corrected chi connectivity index (χ4v) is 4.80. The second kappa shape index (κ2) is 10.1. The fourth-order valence-electron chi connectivity index (χ4n) is 4.80. The zero-order chi connectivity index (χ0) is 22.5. The van der Waals surface area contributed by atoms with E-state index in [1.54, 1.807) is 0 Å². The number of hydrogen-bond acceptors (Lipinski definition) is 2. The lowest BCUT2D eigenvalue weighted by Crippen LogP contribution is -1.98. The number of fused-ring (bicyclic) bond motifs is 5. The van der Waals surface area contributed by atoms with Crippen LogP contribution < -0.4 is 4.74 Å². The van der Waals surface area contributed by atoms with Gasteiger partial charge < -0.3 is 14.4 Å². The summed E-state index contributed by atoms with van der Waals surface area (Å²) in [6, 6.07) is 30.2. The van der Waals surface area contributed by atoms with Crippen LogP contribution in [-0.2, 0) is 0 Å². The Bertz CT molecular complexity index is 1350. The quantitative estimate of drug-likeness (QED) is 0.228. The minimum atomic E-state index is 0.309. The highest BCUT2D eigenvalue weighted by atomic mass is 16.5. The van der Waals surface area contributed by atoms with Crippen molar-refractivity contribution in [1.82, 2.24) is 4.57 Å². The van der Waals surface area contributed by atoms with Gasteiger partial charge in [-0.25, -0.2) is 0 Å². The minimum absolute atomic E-state index is 0.309. The Hall–Kier alpha value is -3.30. The maximum Gasteiger partial charge on any atom is 0.119 e. The Morgan fingerprint density at radius 3 is 2.12 bits per heavy atom. The van der Waals surface area contributed by atoms with E-state index in [4.69, 9.17) is 9.84 Å². The van der Waals surface area contributed by atoms with E-state index in [0.29, 0.717) is 6.61 Å². The van der Waals surface area contributed by atoms with Crippen molar-refractivity contribution in [1.29, 1.82) is 0 Å². The number of rotatable bonds is 10. The summed E-state index contributed by atoms with van der Waals surface area (Å²) in [5.41, 5.74) is 3.62. The smallest absolute Gasteiger partial charge is 0.119 e. The molecule has 0 fully saturated rings. The van der Waals surface area contributed by atoms with Crippen LogP contribution in [0, 0.1) is 0 Å². The number of benzene rings is 4. The van der Waals surface area contributed by atoms with Gasteiger partial charge in [0.15, 0.2) is 0 Å². The maximum atomic E-state index is 8.84. The summed E-state index contributed by atoms with van der Waals surface area (Å²) in [5.74, 6) is 0.921. The molecule has 3 nitrogen and oxygen atoms in total. The monoisotopic (exact) mass is 437 g/mol. The van der Waals surface area contributed by atoms with Crippen LogP contribution in [-0.4, -0.2) is 22.9 Å². The number of aliphatic hydroxyl groups excluding tert-OH is 1. The standard InChI is InChI=1S/C30H31NO2/c32-21-9-3-1-2-4-10-22-33-25-18-16-24(17-19-25)31-29-14-8-7-13-27(29)28-20-15-23-11-5-6-12-26(23)30(28)31/h5-8,11-20,32H,1-4,9-10,21-22H2. The fraction of sp³-hybridized carbons (Fsp3) is 0.267. The van der Waals surface area contributed by atoms with Crippen LogP contribution in [0.1, 0.15) is 38.5 Å². The van der Waals surface area contributed by atoms with E-state index in [0.717, 1.165) is 37.3 Å². The first-order valence-electron chi connectivity index (χ1n) is 12.1. The van der Waals surface area contributed by atoms with Gasteiger partial charge in [-0.1, -0.05) is 80.3 Å². The number of hydrogen-bond donors (Lipinski definition) is 1. The summed E-state index contributed by atoms with van der Waals surface area (Å²) >= 11 is 0. The SMILES string of the molecule is OCCCCCCCCOc1ccc(-n2c3ccccc3c3ccc4ccccc4c32)cc1. The van der Waals surface area contributed by atoms with E-state index in [1.807, 2.05) is 0 Å². The highest BCUT2D eigenvalue weighted by molar-refractivity contribution is 6.18. The third-order valence-corrected chi connectivity index (χ3v) is 6.48. The molecule has 168 valence electrons. The maximum absolute atomic E-state index is 8.84. The van der Waals surface area contributed by atoms with Crippen LogP contribution in [0.5, 0.6) is 5.75 Å². The van der Waals surface area contributed by atoms with Crippen molar-refractivity contribution >= 4 is 32.6 Å². The second-order valence-corrected chi connectivity index (χ2v) is 8.72. The predicted octanol–water partition coefficient (Wildman–Crippen LogP) is 7.65. The van der Waals surface area contributed by atoms with Crippen molar-refractivity contribution in [3.63, 3.8) is 0 Å². The van der Waals surface area contributed by atoms with Crippen molar-refractivity contribution in [3.8, 4) is 11.4 Å². The summed E-state index contributed by atoms with van der Waals surface area (Å²) < 4.78 is 8.38. The topological polar surface area (TPSA) is 34.4 Å². The van der Waals surface area contributed by atoms with Crippen LogP contribution in [0.2, 0.25) is 0 Å². The summed E-state index contributed by atoms with van der Waals surface area (Å²) in [6.45, 7) is 1.06. The Labute approximate surface area is 195 Å². The molecule has 33 heavy (non-hydrogen) atoms. The molecule has 0 aliphatic heterocycles. The second-order valence-electron chi connectivity index (χ2n) is 8.72. The van der Waals surface area contributed by atoms with Gasteiger partial charge in [-0.15, -0.1) is 0 Å². The average molecular weight is 438 g/mol. The lowest BCUT2D eigenvalue weighted by Gasteiger charge is -2.11. The van der Waals surface area contributed by atoms with E-state index < -0.39 is 0 Å². The van der Waals surface area contributed by atoms with E-state index in [1.165, 1.54) is 51.8 Å². The molecular weight excluding hydrogens is 406 g/mol. The molecular formula is C30H31NO2. The van der Waals surface area contributed by atoms with E-state index in [2.05, 4.69) is 89.5 Å². The Morgan fingerprint density at radius 1 is 0.606 bits per heavy atom. The molecule has 0 radical (unpaired) electrons. The molecule has 0 bridgehead atoms. The number of unbranched alkanes of at least 4 members (excludes halogenated alkanes) is 5. The number of para-hydroxylation sites is 1. The zero-order valence-electron chi connectivity index (χ0n) is 19.0. The van der Waals surface area contributed by atoms with E-state index in [9.17, 15) is 0 Å². The van der Waals surface area contributed by atoms with Crippen molar-refractivity contribution < 1.29 is 9.84 Å². The molecule has 0 atom stereocenters. The largest absolute Gasteiger partial charge is 0.494 e. The molecule has 0 unspecified atom stereocenters. The predicted molar refractivity (Wildman–Crippen MR) is 139 cm³/mol. The van der Waals surface area contributed by atoms with Crippen LogP contribution >= 0.6 is 0 Å². The number of ether oxygens (including phenoxy) is 1. The molecule has 5 rings (SSSR count). The third-order valence-electron chi connectivity index (χ3n) is 6.48. The van der Waals surface area contributed by atoms with Crippen molar-refractivity contribution in [3.05, 3.63) is 84.9 Å². The number of aromatic nitrogens is 1. The zero-order valence-corrected chi connectivity index (χ0v) is 19.0. The van der Waals surface area contributed by atoms with Crippen LogP contribution in [0.4, 0.5) is 0 Å². The Morgan fingerprint density at radius 2 is 1.30 bits per heavy atom. The lowest BCUT2D eigenvalue weighted by atomic mass is 10.1. The van der Waals surface area contributed by atoms with Crippen LogP contribution in [0.25, 0.3) is 38.3 Å². The van der Waals surface area contributed by atoms with Gasteiger partial charge >= 0.3 is 0 Å². The van der Waals surface area contributed by atoms with Crippen molar-refractivity contribution in [2.24, 2.45) is 0 Å². The van der Waals surface area contributed by atoms with Crippen molar-refractivity contribution in [2.75, 3.05) is 13.2 Å². The van der Waals surface area contributed by atoms with Crippen molar-refractivity contribution in [2.45, 2.75) is 38.5 Å². The van der Waals surface area contributed by atoms with Gasteiger partial charge in [0, 0.05) is 28.5 Å². The number of aliphatic hydroxyl groups is 1. The third kappa shape index (κ3) is 4.46. The van der Waals surface area contributed by atoms with Gasteiger partial charge in [0.2, 0.25) is 0 Å². The van der Waals surface area contributed by atoms with Crippen LogP contribution in [0.15, 0.2) is 84.9 Å². The molecule has 1 aromatic heterocycles. The first kappa shape index (κ1) is 21.5. The van der Waals surface area contributed by atoms with Gasteiger partial charge in [0.05, 0.1) is 17.6 Å². The summed E-state index contributed by atoms with van der Waals surface area (Å²) in [7, 11) is 0. The summed E-state index contributed by atoms with van der Waals surface area (Å²) in [6.07, 6.45) is 6.70. The molecule has 4 aromatic carbocycles. The van der Waals surface area contributed by atoms with Gasteiger partial charge in [0.25, 0.3) is 0 Å². The molecule has 1 heterocycles. The van der Waals surface area contributed by atoms with Crippen LogP contribution in [0.3, 0.4) is 0 Å². The normalized spacial score (nSPS) is 11.5. The molecule has 5 aromatic rings. The highest BCUT2D eigenvalue weighted by Crippen LogP contribution is 2.36. The molecule has 0 aliphatic rings. The molecule has 0 spiro atoms. The highest BCUT2D eigenvalue weighted by Gasteiger charge is 2.14.